The smallest absolute Gasteiger partial charge is 0.229 e. The molecular formula is C26H28N2O2S2. The molecule has 0 aromatic heterocycles. The first-order valence-corrected chi connectivity index (χ1v) is 14.7. The molecule has 1 unspecified atom stereocenters. The highest BCUT2D eigenvalue weighted by Gasteiger charge is 2.24. The van der Waals surface area contributed by atoms with Crippen molar-refractivity contribution in [1.82, 2.24) is 0 Å². The molecule has 0 amide bonds. The van der Waals surface area contributed by atoms with Gasteiger partial charge in [-0.05, 0) is 41.0 Å². The van der Waals surface area contributed by atoms with E-state index in [0.717, 1.165) is 23.4 Å². The number of para-hydroxylation sites is 1. The van der Waals surface area contributed by atoms with E-state index < -0.39 is 20.1 Å². The van der Waals surface area contributed by atoms with E-state index in [2.05, 4.69) is 82.6 Å². The highest BCUT2D eigenvalue weighted by Crippen LogP contribution is 2.52. The molecule has 4 rings (SSSR count). The van der Waals surface area contributed by atoms with Crippen LogP contribution >= 0.6 is 10.0 Å². The minimum atomic E-state index is -3.36. The van der Waals surface area contributed by atoms with Crippen molar-refractivity contribution in [3.63, 3.8) is 0 Å². The van der Waals surface area contributed by atoms with Gasteiger partial charge in [0.05, 0.1) is 17.6 Å². The predicted octanol–water partition coefficient (Wildman–Crippen LogP) is 6.06. The Balaban J connectivity index is 1.57. The quantitative estimate of drug-likeness (QED) is 0.441. The third-order valence-electron chi connectivity index (χ3n) is 5.56. The zero-order valence-electron chi connectivity index (χ0n) is 18.3. The van der Waals surface area contributed by atoms with Crippen LogP contribution in [0.1, 0.15) is 29.0 Å². The van der Waals surface area contributed by atoms with Crippen molar-refractivity contribution in [3.8, 4) is 0 Å². The molecule has 1 atom stereocenters. The maximum atomic E-state index is 11.8. The minimum absolute atomic E-state index is 0.326. The zero-order valence-corrected chi connectivity index (χ0v) is 19.9. The molecule has 0 bridgehead atoms. The van der Waals surface area contributed by atoms with E-state index in [1.54, 1.807) is 6.07 Å². The van der Waals surface area contributed by atoms with E-state index in [1.165, 1.54) is 17.4 Å². The molecule has 0 fully saturated rings. The molecule has 4 nitrogen and oxygen atoms in total. The fraction of sp³-hybridized carbons (Fsp3) is 0.192. The Morgan fingerprint density at radius 3 is 2.03 bits per heavy atom. The predicted molar refractivity (Wildman–Crippen MR) is 139 cm³/mol. The topological polar surface area (TPSA) is 58.5 Å². The molecule has 1 aliphatic heterocycles. The summed E-state index contributed by atoms with van der Waals surface area (Å²) in [7, 11) is -4.57. The fourth-order valence-electron chi connectivity index (χ4n) is 4.00. The summed E-state index contributed by atoms with van der Waals surface area (Å²) >= 11 is 0. The molecule has 0 radical (unpaired) electrons. The van der Waals surface area contributed by atoms with Gasteiger partial charge in [0.2, 0.25) is 10.0 Å². The lowest BCUT2D eigenvalue weighted by atomic mass is 9.89. The fourth-order valence-corrected chi connectivity index (χ4v) is 6.66. The van der Waals surface area contributed by atoms with Crippen LogP contribution < -0.4 is 4.72 Å². The second-order valence-electron chi connectivity index (χ2n) is 8.25. The lowest BCUT2D eigenvalue weighted by Crippen LogP contribution is -2.10. The van der Waals surface area contributed by atoms with Gasteiger partial charge in [-0.15, -0.1) is 0 Å². The van der Waals surface area contributed by atoms with E-state index in [-0.39, 0.29) is 0 Å². The van der Waals surface area contributed by atoms with Crippen molar-refractivity contribution in [2.24, 2.45) is 4.99 Å². The van der Waals surface area contributed by atoms with E-state index in [0.29, 0.717) is 11.6 Å². The monoisotopic (exact) mass is 464 g/mol. The van der Waals surface area contributed by atoms with Crippen molar-refractivity contribution >= 4 is 37.0 Å². The SMILES string of the molecule is CS1(CCC(c2ccccc2)c2ccccc2)C=NC(c2ccccc2NS(C)(=O)=O)=C1. The average Bonchev–Trinajstić information content (AvgIpc) is 3.17. The van der Waals surface area contributed by atoms with Crippen LogP contribution in [0, 0.1) is 0 Å². The summed E-state index contributed by atoms with van der Waals surface area (Å²) in [5.41, 5.74) is 6.94. The van der Waals surface area contributed by atoms with Gasteiger partial charge < -0.3 is 0 Å². The number of hydrogen-bond acceptors (Lipinski definition) is 3. The van der Waals surface area contributed by atoms with Gasteiger partial charge in [-0.1, -0.05) is 78.9 Å². The van der Waals surface area contributed by atoms with Crippen LogP contribution in [0.3, 0.4) is 0 Å². The summed E-state index contributed by atoms with van der Waals surface area (Å²) in [6.07, 6.45) is 4.45. The Bertz CT molecular complexity index is 1200. The van der Waals surface area contributed by atoms with E-state index in [4.69, 9.17) is 4.99 Å². The number of benzene rings is 3. The van der Waals surface area contributed by atoms with Gasteiger partial charge in [0.1, 0.15) is 0 Å². The summed E-state index contributed by atoms with van der Waals surface area (Å²) in [5.74, 6) is 1.34. The van der Waals surface area contributed by atoms with Gasteiger partial charge in [-0.25, -0.2) is 8.42 Å². The highest BCUT2D eigenvalue weighted by molar-refractivity contribution is 8.46. The van der Waals surface area contributed by atoms with Crippen molar-refractivity contribution in [2.75, 3.05) is 23.0 Å². The van der Waals surface area contributed by atoms with Crippen LogP contribution in [0.5, 0.6) is 0 Å². The van der Waals surface area contributed by atoms with Crippen LogP contribution in [0.25, 0.3) is 5.70 Å². The molecule has 3 aromatic carbocycles. The maximum absolute atomic E-state index is 11.8. The van der Waals surface area contributed by atoms with Crippen LogP contribution in [-0.4, -0.2) is 32.2 Å². The number of anilines is 1. The molecule has 1 aliphatic rings. The number of nitrogens with one attached hydrogen (secondary N) is 1. The first-order chi connectivity index (χ1) is 15.3. The van der Waals surface area contributed by atoms with Crippen molar-refractivity contribution in [2.45, 2.75) is 12.3 Å². The van der Waals surface area contributed by atoms with Crippen LogP contribution in [0.15, 0.2) is 95.3 Å². The molecule has 32 heavy (non-hydrogen) atoms. The van der Waals surface area contributed by atoms with Gasteiger partial charge in [0, 0.05) is 17.0 Å². The lowest BCUT2D eigenvalue weighted by Gasteiger charge is -2.28. The molecule has 6 heteroatoms. The zero-order chi connectivity index (χ0) is 22.6. The second kappa shape index (κ2) is 9.35. The standard InChI is InChI=1S/C26H28N2O2S2/c1-31(18-17-23(21-11-5-3-6-12-21)22-13-7-4-8-14-22)19-26(27-20-31)24-15-9-10-16-25(24)28-32(2,29)30/h3-16,19-20,23,28H,17-18H2,1-2H3. The molecule has 0 aliphatic carbocycles. The molecule has 1 N–H and O–H groups in total. The first-order valence-electron chi connectivity index (χ1n) is 10.5. The molecule has 0 spiro atoms. The molecule has 0 saturated carbocycles. The van der Waals surface area contributed by atoms with Crippen molar-refractivity contribution in [3.05, 3.63) is 107 Å². The molecule has 3 aromatic rings. The number of sulfonamides is 1. The van der Waals surface area contributed by atoms with Gasteiger partial charge >= 0.3 is 0 Å². The van der Waals surface area contributed by atoms with Crippen molar-refractivity contribution in [1.29, 1.82) is 0 Å². The van der Waals surface area contributed by atoms with Gasteiger partial charge in [-0.2, -0.15) is 10.0 Å². The van der Waals surface area contributed by atoms with Gasteiger partial charge in [0.15, 0.2) is 0 Å². The largest absolute Gasteiger partial charge is 0.283 e. The number of hydrogen-bond donors (Lipinski definition) is 1. The summed E-state index contributed by atoms with van der Waals surface area (Å²) in [4.78, 5) is 4.71. The van der Waals surface area contributed by atoms with Crippen LogP contribution in [0.2, 0.25) is 0 Å². The molecule has 166 valence electrons. The van der Waals surface area contributed by atoms with Gasteiger partial charge in [-0.3, -0.25) is 9.71 Å². The van der Waals surface area contributed by atoms with Crippen LogP contribution in [-0.2, 0) is 10.0 Å². The van der Waals surface area contributed by atoms with E-state index in [9.17, 15) is 8.42 Å². The number of aliphatic imine (C=N–C) groups is 1. The summed E-state index contributed by atoms with van der Waals surface area (Å²) < 4.78 is 26.2. The normalized spacial score (nSPS) is 20.0. The van der Waals surface area contributed by atoms with Gasteiger partial charge in [0.25, 0.3) is 0 Å². The average molecular weight is 465 g/mol. The first kappa shape index (κ1) is 22.4. The summed E-state index contributed by atoms with van der Waals surface area (Å²) in [5, 5.41) is 2.24. The number of nitrogens with zero attached hydrogens (tertiary/aromatic N) is 1. The Morgan fingerprint density at radius 1 is 0.875 bits per heavy atom. The molecular weight excluding hydrogens is 436 g/mol. The second-order valence-corrected chi connectivity index (χ2v) is 13.3. The third-order valence-corrected chi connectivity index (χ3v) is 8.62. The minimum Gasteiger partial charge on any atom is -0.283 e. The Morgan fingerprint density at radius 2 is 1.44 bits per heavy atom. The van der Waals surface area contributed by atoms with Crippen LogP contribution in [0.4, 0.5) is 5.69 Å². The Hall–Kier alpha value is -2.83. The summed E-state index contributed by atoms with van der Waals surface area (Å²) in [6, 6.07) is 28.7. The number of rotatable bonds is 8. The highest BCUT2D eigenvalue weighted by atomic mass is 32.3. The lowest BCUT2D eigenvalue weighted by molar-refractivity contribution is 0.607. The Labute approximate surface area is 192 Å². The third kappa shape index (κ3) is 5.50. The maximum Gasteiger partial charge on any atom is 0.229 e. The molecule has 0 saturated heterocycles. The Kier molecular flexibility index (Phi) is 6.53. The molecule has 1 heterocycles. The van der Waals surface area contributed by atoms with E-state index >= 15 is 0 Å². The summed E-state index contributed by atoms with van der Waals surface area (Å²) in [6.45, 7) is 0. The van der Waals surface area contributed by atoms with E-state index in [1.807, 2.05) is 18.2 Å². The van der Waals surface area contributed by atoms with Crippen molar-refractivity contribution < 1.29 is 8.42 Å².